The SMILES string of the molecule is ClPc1cccc2c1ccc1cc3ccccc3cc12. The van der Waals surface area contributed by atoms with E-state index in [0.29, 0.717) is 7.93 Å². The van der Waals surface area contributed by atoms with Gasteiger partial charge in [-0.15, -0.1) is 0 Å². The van der Waals surface area contributed by atoms with E-state index in [1.807, 2.05) is 0 Å². The van der Waals surface area contributed by atoms with Crippen molar-refractivity contribution in [2.24, 2.45) is 0 Å². The topological polar surface area (TPSA) is 0 Å². The highest BCUT2D eigenvalue weighted by Crippen LogP contribution is 2.31. The van der Waals surface area contributed by atoms with Gasteiger partial charge in [0, 0.05) is 7.93 Å². The molecule has 0 radical (unpaired) electrons. The molecule has 0 aromatic heterocycles. The molecule has 0 heterocycles. The van der Waals surface area contributed by atoms with Gasteiger partial charge in [0.1, 0.15) is 0 Å². The number of hydrogen-bond acceptors (Lipinski definition) is 0. The van der Waals surface area contributed by atoms with E-state index < -0.39 is 0 Å². The minimum absolute atomic E-state index is 0.308. The zero-order valence-corrected chi connectivity index (χ0v) is 12.5. The second-order valence-electron chi connectivity index (χ2n) is 4.98. The lowest BCUT2D eigenvalue weighted by molar-refractivity contribution is 1.79. The van der Waals surface area contributed by atoms with Crippen molar-refractivity contribution in [3.05, 3.63) is 66.7 Å². The van der Waals surface area contributed by atoms with Crippen LogP contribution in [0.5, 0.6) is 0 Å². The zero-order valence-electron chi connectivity index (χ0n) is 10.7. The monoisotopic (exact) mass is 294 g/mol. The van der Waals surface area contributed by atoms with Crippen LogP contribution >= 0.6 is 19.2 Å². The van der Waals surface area contributed by atoms with E-state index in [1.165, 1.54) is 37.6 Å². The van der Waals surface area contributed by atoms with Crippen LogP contribution in [0.25, 0.3) is 32.3 Å². The lowest BCUT2D eigenvalue weighted by Gasteiger charge is -2.08. The largest absolute Gasteiger partial charge is 0.0948 e. The average molecular weight is 295 g/mol. The molecule has 0 amide bonds. The van der Waals surface area contributed by atoms with Crippen LogP contribution in [0.2, 0.25) is 0 Å². The molecule has 96 valence electrons. The fourth-order valence-electron chi connectivity index (χ4n) is 2.86. The molecule has 20 heavy (non-hydrogen) atoms. The van der Waals surface area contributed by atoms with Crippen molar-refractivity contribution < 1.29 is 0 Å². The van der Waals surface area contributed by atoms with Crippen molar-refractivity contribution in [2.75, 3.05) is 0 Å². The average Bonchev–Trinajstić information content (AvgIpc) is 2.52. The molecule has 0 bridgehead atoms. The highest BCUT2D eigenvalue weighted by Gasteiger charge is 2.05. The number of halogens is 1. The van der Waals surface area contributed by atoms with E-state index in [0.717, 1.165) is 0 Å². The third-order valence-corrected chi connectivity index (χ3v) is 5.10. The minimum Gasteiger partial charge on any atom is -0.0948 e. The van der Waals surface area contributed by atoms with Crippen molar-refractivity contribution in [2.45, 2.75) is 0 Å². The molecule has 4 aromatic rings. The van der Waals surface area contributed by atoms with E-state index in [1.54, 1.807) is 0 Å². The molecule has 0 aliphatic rings. The first-order chi connectivity index (χ1) is 9.86. The Morgan fingerprint density at radius 3 is 2.20 bits per heavy atom. The molecule has 4 rings (SSSR count). The molecule has 1 atom stereocenters. The Labute approximate surface area is 123 Å². The van der Waals surface area contributed by atoms with Gasteiger partial charge in [0.15, 0.2) is 0 Å². The third-order valence-electron chi connectivity index (χ3n) is 3.85. The quantitative estimate of drug-likeness (QED) is 0.243. The summed E-state index contributed by atoms with van der Waals surface area (Å²) in [4.78, 5) is 0. The normalized spacial score (nSPS) is 12.1. The Morgan fingerprint density at radius 2 is 1.40 bits per heavy atom. The lowest BCUT2D eigenvalue weighted by Crippen LogP contribution is -1.94. The van der Waals surface area contributed by atoms with Crippen LogP contribution in [0, 0.1) is 0 Å². The van der Waals surface area contributed by atoms with Gasteiger partial charge < -0.3 is 0 Å². The van der Waals surface area contributed by atoms with E-state index in [-0.39, 0.29) is 0 Å². The number of fused-ring (bicyclic) bond motifs is 4. The first-order valence-electron chi connectivity index (χ1n) is 6.58. The summed E-state index contributed by atoms with van der Waals surface area (Å²) in [5.74, 6) is 0. The molecule has 2 heteroatoms. The van der Waals surface area contributed by atoms with Crippen molar-refractivity contribution >= 4 is 56.8 Å². The third kappa shape index (κ3) is 1.80. The van der Waals surface area contributed by atoms with Crippen molar-refractivity contribution in [1.29, 1.82) is 0 Å². The first-order valence-corrected chi connectivity index (χ1v) is 8.59. The van der Waals surface area contributed by atoms with E-state index >= 15 is 0 Å². The van der Waals surface area contributed by atoms with Gasteiger partial charge in [0.25, 0.3) is 0 Å². The fraction of sp³-hybridized carbons (Fsp3) is 0. The second kappa shape index (κ2) is 4.74. The van der Waals surface area contributed by atoms with Gasteiger partial charge >= 0.3 is 0 Å². The summed E-state index contributed by atoms with van der Waals surface area (Å²) in [7, 11) is 0.308. The molecular weight excluding hydrogens is 283 g/mol. The predicted octanol–water partition coefficient (Wildman–Crippen LogP) is 5.60. The number of rotatable bonds is 1. The van der Waals surface area contributed by atoms with Crippen LogP contribution in [0.3, 0.4) is 0 Å². The van der Waals surface area contributed by atoms with Crippen LogP contribution in [-0.4, -0.2) is 0 Å². The maximum atomic E-state index is 6.08. The Morgan fingerprint density at radius 1 is 0.600 bits per heavy atom. The molecule has 0 nitrogen and oxygen atoms in total. The maximum Gasteiger partial charge on any atom is 0.00723 e. The van der Waals surface area contributed by atoms with Gasteiger partial charge in [0.05, 0.1) is 0 Å². The molecule has 0 aliphatic heterocycles. The highest BCUT2D eigenvalue weighted by atomic mass is 35.7. The molecule has 1 unspecified atom stereocenters. The van der Waals surface area contributed by atoms with Crippen LogP contribution in [0.4, 0.5) is 0 Å². The molecule has 0 N–H and O–H groups in total. The predicted molar refractivity (Wildman–Crippen MR) is 92.8 cm³/mol. The van der Waals surface area contributed by atoms with Gasteiger partial charge in [-0.1, -0.05) is 65.8 Å². The van der Waals surface area contributed by atoms with Crippen LogP contribution in [-0.2, 0) is 0 Å². The smallest absolute Gasteiger partial charge is 0.00723 e. The van der Waals surface area contributed by atoms with E-state index in [4.69, 9.17) is 11.2 Å². The minimum atomic E-state index is 0.308. The van der Waals surface area contributed by atoms with Gasteiger partial charge in [-0.05, 0) is 49.8 Å². The lowest BCUT2D eigenvalue weighted by atomic mass is 9.98. The first kappa shape index (κ1) is 12.1. The highest BCUT2D eigenvalue weighted by molar-refractivity contribution is 7.75. The number of hydrogen-bond donors (Lipinski definition) is 0. The summed E-state index contributed by atoms with van der Waals surface area (Å²) >= 11 is 6.08. The van der Waals surface area contributed by atoms with Gasteiger partial charge in [-0.2, -0.15) is 0 Å². The summed E-state index contributed by atoms with van der Waals surface area (Å²) in [6.07, 6.45) is 0. The molecule has 0 fully saturated rings. The summed E-state index contributed by atoms with van der Waals surface area (Å²) < 4.78 is 0. The van der Waals surface area contributed by atoms with Crippen molar-refractivity contribution in [1.82, 2.24) is 0 Å². The Kier molecular flexibility index (Phi) is 2.88. The molecule has 0 spiro atoms. The Hall–Kier alpha value is -1.62. The Bertz CT molecular complexity index is 944. The zero-order chi connectivity index (χ0) is 13.5. The van der Waals surface area contributed by atoms with Gasteiger partial charge in [0.2, 0.25) is 0 Å². The van der Waals surface area contributed by atoms with E-state index in [2.05, 4.69) is 66.7 Å². The number of benzene rings is 4. The standard InChI is InChI=1S/C18H12ClP/c19-20-18-7-3-6-15-16(18)9-8-14-10-12-4-1-2-5-13(12)11-17(14)15/h1-11,20H. The molecule has 0 aliphatic carbocycles. The van der Waals surface area contributed by atoms with Gasteiger partial charge in [-0.25, -0.2) is 0 Å². The van der Waals surface area contributed by atoms with Crippen molar-refractivity contribution in [3.8, 4) is 0 Å². The van der Waals surface area contributed by atoms with Crippen LogP contribution < -0.4 is 5.30 Å². The molecular formula is C18H12ClP. The second-order valence-corrected chi connectivity index (χ2v) is 6.28. The fourth-order valence-corrected chi connectivity index (χ4v) is 3.84. The Balaban J connectivity index is 2.21. The molecule has 0 saturated heterocycles. The van der Waals surface area contributed by atoms with Gasteiger partial charge in [-0.3, -0.25) is 0 Å². The van der Waals surface area contributed by atoms with Crippen molar-refractivity contribution in [3.63, 3.8) is 0 Å². The molecule has 4 aromatic carbocycles. The summed E-state index contributed by atoms with van der Waals surface area (Å²) in [6, 6.07) is 23.8. The van der Waals surface area contributed by atoms with Crippen LogP contribution in [0.15, 0.2) is 66.7 Å². The maximum absolute atomic E-state index is 6.08. The van der Waals surface area contributed by atoms with Crippen LogP contribution in [0.1, 0.15) is 0 Å². The van der Waals surface area contributed by atoms with E-state index in [9.17, 15) is 0 Å². The summed E-state index contributed by atoms with van der Waals surface area (Å²) in [5.41, 5.74) is 0. The summed E-state index contributed by atoms with van der Waals surface area (Å²) in [5, 5.41) is 8.94. The summed E-state index contributed by atoms with van der Waals surface area (Å²) in [6.45, 7) is 0. The molecule has 0 saturated carbocycles.